The van der Waals surface area contributed by atoms with E-state index in [0.717, 1.165) is 12.8 Å². The summed E-state index contributed by atoms with van der Waals surface area (Å²) in [6.45, 7) is 6.55. The van der Waals surface area contributed by atoms with Gasteiger partial charge in [0, 0.05) is 11.6 Å². The monoisotopic (exact) mass is 275 g/mol. The minimum Gasteiger partial charge on any atom is -0.462 e. The Kier molecular flexibility index (Phi) is 4.12. The zero-order valence-corrected chi connectivity index (χ0v) is 12.2. The Morgan fingerprint density at radius 3 is 2.40 bits per heavy atom. The fourth-order valence-electron chi connectivity index (χ4n) is 2.11. The van der Waals surface area contributed by atoms with Crippen LogP contribution in [0.5, 0.6) is 0 Å². The molecule has 0 spiro atoms. The molecule has 1 unspecified atom stereocenters. The van der Waals surface area contributed by atoms with Gasteiger partial charge in [-0.1, -0.05) is 20.8 Å². The number of esters is 1. The van der Waals surface area contributed by atoms with Crippen molar-refractivity contribution in [1.29, 1.82) is 0 Å². The van der Waals surface area contributed by atoms with Gasteiger partial charge < -0.3 is 10.1 Å². The largest absolute Gasteiger partial charge is 0.462 e. The van der Waals surface area contributed by atoms with E-state index in [4.69, 9.17) is 4.74 Å². The summed E-state index contributed by atoms with van der Waals surface area (Å²) in [5.74, 6) is -0.180. The highest BCUT2D eigenvalue weighted by atomic mass is 16.5. The Balaban J connectivity index is 1.92. The SMILES string of the molecule is CCCOC(=O)c1ccc(NC(=O)C2CC2(C)C)cc1. The van der Waals surface area contributed by atoms with Gasteiger partial charge in [0.25, 0.3) is 0 Å². The number of carbonyl (C=O) groups excluding carboxylic acids is 2. The van der Waals surface area contributed by atoms with Crippen LogP contribution in [0.25, 0.3) is 0 Å². The minimum absolute atomic E-state index is 0.0521. The Hall–Kier alpha value is -1.84. The molecule has 1 fully saturated rings. The summed E-state index contributed by atoms with van der Waals surface area (Å²) in [5, 5.41) is 2.88. The van der Waals surface area contributed by atoms with Gasteiger partial charge in [-0.05, 0) is 42.5 Å². The third-order valence-electron chi connectivity index (χ3n) is 3.66. The predicted octanol–water partition coefficient (Wildman–Crippen LogP) is 3.24. The van der Waals surface area contributed by atoms with E-state index < -0.39 is 0 Å². The van der Waals surface area contributed by atoms with E-state index in [9.17, 15) is 9.59 Å². The molecule has 1 saturated carbocycles. The van der Waals surface area contributed by atoms with E-state index >= 15 is 0 Å². The fraction of sp³-hybridized carbons (Fsp3) is 0.500. The third-order valence-corrected chi connectivity index (χ3v) is 3.66. The van der Waals surface area contributed by atoms with E-state index in [2.05, 4.69) is 19.2 Å². The molecule has 1 aliphatic rings. The van der Waals surface area contributed by atoms with Crippen LogP contribution in [0, 0.1) is 11.3 Å². The first-order valence-corrected chi connectivity index (χ1v) is 7.02. The van der Waals surface area contributed by atoms with Crippen molar-refractivity contribution < 1.29 is 14.3 Å². The number of hydrogen-bond donors (Lipinski definition) is 1. The predicted molar refractivity (Wildman–Crippen MR) is 77.5 cm³/mol. The summed E-state index contributed by atoms with van der Waals surface area (Å²) in [7, 11) is 0. The van der Waals surface area contributed by atoms with Crippen molar-refractivity contribution in [3.05, 3.63) is 29.8 Å². The third kappa shape index (κ3) is 3.38. The van der Waals surface area contributed by atoms with Crippen LogP contribution in [-0.4, -0.2) is 18.5 Å². The van der Waals surface area contributed by atoms with E-state index in [1.54, 1.807) is 24.3 Å². The molecule has 108 valence electrons. The van der Waals surface area contributed by atoms with Gasteiger partial charge in [0.2, 0.25) is 5.91 Å². The number of carbonyl (C=O) groups is 2. The summed E-state index contributed by atoms with van der Waals surface area (Å²) in [6.07, 6.45) is 1.73. The molecule has 1 aromatic rings. The Bertz CT molecular complexity index is 505. The molecular formula is C16H21NO3. The van der Waals surface area contributed by atoms with Crippen LogP contribution >= 0.6 is 0 Å². The summed E-state index contributed by atoms with van der Waals surface area (Å²) in [6, 6.07) is 6.81. The normalized spacial score (nSPS) is 19.2. The minimum atomic E-state index is -0.326. The zero-order chi connectivity index (χ0) is 14.8. The van der Waals surface area contributed by atoms with Crippen molar-refractivity contribution in [2.24, 2.45) is 11.3 Å². The fourth-order valence-corrected chi connectivity index (χ4v) is 2.11. The summed E-state index contributed by atoms with van der Waals surface area (Å²) < 4.78 is 5.05. The second-order valence-corrected chi connectivity index (χ2v) is 5.95. The molecule has 1 aromatic carbocycles. The van der Waals surface area contributed by atoms with E-state index in [1.165, 1.54) is 0 Å². The Morgan fingerprint density at radius 2 is 1.90 bits per heavy atom. The Morgan fingerprint density at radius 1 is 1.30 bits per heavy atom. The molecule has 2 rings (SSSR count). The van der Waals surface area contributed by atoms with Crippen molar-refractivity contribution >= 4 is 17.6 Å². The molecule has 0 aromatic heterocycles. The molecule has 0 saturated heterocycles. The number of hydrogen-bond acceptors (Lipinski definition) is 3. The molecule has 20 heavy (non-hydrogen) atoms. The first-order valence-electron chi connectivity index (χ1n) is 7.02. The lowest BCUT2D eigenvalue weighted by atomic mass is 10.1. The number of ether oxygens (including phenoxy) is 1. The van der Waals surface area contributed by atoms with Gasteiger partial charge in [0.15, 0.2) is 0 Å². The standard InChI is InChI=1S/C16H21NO3/c1-4-9-20-15(19)11-5-7-12(8-6-11)17-14(18)13-10-16(13,2)3/h5-8,13H,4,9-10H2,1-3H3,(H,17,18). The molecule has 4 nitrogen and oxygen atoms in total. The van der Waals surface area contributed by atoms with Gasteiger partial charge in [-0.25, -0.2) is 4.79 Å². The number of amides is 1. The molecule has 0 aliphatic heterocycles. The van der Waals surface area contributed by atoms with Crippen molar-refractivity contribution in [3.63, 3.8) is 0 Å². The van der Waals surface area contributed by atoms with Gasteiger partial charge in [-0.2, -0.15) is 0 Å². The molecule has 1 aliphatic carbocycles. The van der Waals surface area contributed by atoms with Crippen LogP contribution in [0.1, 0.15) is 44.0 Å². The second kappa shape index (κ2) is 5.65. The summed E-state index contributed by atoms with van der Waals surface area (Å²) in [5.41, 5.74) is 1.33. The lowest BCUT2D eigenvalue weighted by molar-refractivity contribution is -0.118. The van der Waals surface area contributed by atoms with E-state index in [1.807, 2.05) is 6.92 Å². The Labute approximate surface area is 119 Å². The molecule has 0 heterocycles. The summed E-state index contributed by atoms with van der Waals surface area (Å²) >= 11 is 0. The van der Waals surface area contributed by atoms with Crippen LogP contribution in [0.15, 0.2) is 24.3 Å². The molecule has 4 heteroatoms. The van der Waals surface area contributed by atoms with Crippen LogP contribution < -0.4 is 5.32 Å². The quantitative estimate of drug-likeness (QED) is 0.839. The van der Waals surface area contributed by atoms with Crippen LogP contribution in [0.3, 0.4) is 0 Å². The molecular weight excluding hydrogens is 254 g/mol. The lowest BCUT2D eigenvalue weighted by Crippen LogP contribution is -2.16. The van der Waals surface area contributed by atoms with Crippen LogP contribution in [0.2, 0.25) is 0 Å². The lowest BCUT2D eigenvalue weighted by Gasteiger charge is -2.07. The molecule has 1 N–H and O–H groups in total. The van der Waals surface area contributed by atoms with Crippen molar-refractivity contribution in [2.45, 2.75) is 33.6 Å². The molecule has 1 amide bonds. The topological polar surface area (TPSA) is 55.4 Å². The average molecular weight is 275 g/mol. The maximum absolute atomic E-state index is 11.9. The van der Waals surface area contributed by atoms with Crippen molar-refractivity contribution in [3.8, 4) is 0 Å². The highest BCUT2D eigenvalue weighted by molar-refractivity contribution is 5.96. The zero-order valence-electron chi connectivity index (χ0n) is 12.2. The molecule has 0 bridgehead atoms. The van der Waals surface area contributed by atoms with E-state index in [-0.39, 0.29) is 23.2 Å². The highest BCUT2D eigenvalue weighted by Crippen LogP contribution is 2.51. The van der Waals surface area contributed by atoms with Crippen LogP contribution in [0.4, 0.5) is 5.69 Å². The maximum Gasteiger partial charge on any atom is 0.338 e. The first-order chi connectivity index (χ1) is 9.44. The smallest absolute Gasteiger partial charge is 0.338 e. The van der Waals surface area contributed by atoms with Crippen molar-refractivity contribution in [1.82, 2.24) is 0 Å². The highest BCUT2D eigenvalue weighted by Gasteiger charge is 2.50. The average Bonchev–Trinajstić information content (AvgIpc) is 3.06. The van der Waals surface area contributed by atoms with Gasteiger partial charge in [-0.3, -0.25) is 4.79 Å². The number of rotatable bonds is 5. The summed E-state index contributed by atoms with van der Waals surface area (Å²) in [4.78, 5) is 23.6. The van der Waals surface area contributed by atoms with Crippen molar-refractivity contribution in [2.75, 3.05) is 11.9 Å². The number of nitrogens with one attached hydrogen (secondary N) is 1. The first kappa shape index (κ1) is 14.6. The molecule has 0 radical (unpaired) electrons. The van der Waals surface area contributed by atoms with Gasteiger partial charge in [0.05, 0.1) is 12.2 Å². The molecule has 1 atom stereocenters. The van der Waals surface area contributed by atoms with Gasteiger partial charge >= 0.3 is 5.97 Å². The van der Waals surface area contributed by atoms with E-state index in [0.29, 0.717) is 17.9 Å². The maximum atomic E-state index is 11.9. The number of benzene rings is 1. The number of anilines is 1. The van der Waals surface area contributed by atoms with Crippen LogP contribution in [-0.2, 0) is 9.53 Å². The van der Waals surface area contributed by atoms with Gasteiger partial charge in [0.1, 0.15) is 0 Å². The second-order valence-electron chi connectivity index (χ2n) is 5.95. The van der Waals surface area contributed by atoms with Gasteiger partial charge in [-0.15, -0.1) is 0 Å².